The summed E-state index contributed by atoms with van der Waals surface area (Å²) in [5, 5.41) is 9.88. The van der Waals surface area contributed by atoms with Crippen molar-refractivity contribution >= 4 is 5.69 Å². The second-order valence-corrected chi connectivity index (χ2v) is 6.39. The standard InChI is InChI=1S/C16H27N3O/c1-13-10-15(5-4-14(13)11-17)19-8-6-18(7-9-19)12-16(2,3)20/h4-5,10,20H,6-9,11-12,17H2,1-3H3. The van der Waals surface area contributed by atoms with E-state index in [-0.39, 0.29) is 0 Å². The molecule has 1 saturated heterocycles. The van der Waals surface area contributed by atoms with Crippen molar-refractivity contribution in [3.63, 3.8) is 0 Å². The van der Waals surface area contributed by atoms with Crippen LogP contribution in [0.5, 0.6) is 0 Å². The summed E-state index contributed by atoms with van der Waals surface area (Å²) >= 11 is 0. The topological polar surface area (TPSA) is 52.7 Å². The predicted octanol–water partition coefficient (Wildman–Crippen LogP) is 1.35. The summed E-state index contributed by atoms with van der Waals surface area (Å²) in [6.07, 6.45) is 0. The van der Waals surface area contributed by atoms with Crippen LogP contribution in [0.3, 0.4) is 0 Å². The van der Waals surface area contributed by atoms with Gasteiger partial charge in [-0.15, -0.1) is 0 Å². The van der Waals surface area contributed by atoms with E-state index in [1.165, 1.54) is 16.8 Å². The Morgan fingerprint density at radius 1 is 1.20 bits per heavy atom. The number of nitrogens with two attached hydrogens (primary N) is 1. The minimum atomic E-state index is -0.610. The van der Waals surface area contributed by atoms with E-state index in [0.29, 0.717) is 6.54 Å². The fraction of sp³-hybridized carbons (Fsp3) is 0.625. The van der Waals surface area contributed by atoms with Gasteiger partial charge in [0, 0.05) is 45.0 Å². The number of anilines is 1. The fourth-order valence-corrected chi connectivity index (χ4v) is 2.82. The molecule has 1 heterocycles. The van der Waals surface area contributed by atoms with Crippen molar-refractivity contribution in [3.05, 3.63) is 29.3 Å². The van der Waals surface area contributed by atoms with Crippen LogP contribution in [0, 0.1) is 6.92 Å². The summed E-state index contributed by atoms with van der Waals surface area (Å²) < 4.78 is 0. The molecule has 2 rings (SSSR count). The first-order chi connectivity index (χ1) is 9.39. The summed E-state index contributed by atoms with van der Waals surface area (Å²) in [6.45, 7) is 11.2. The second kappa shape index (κ2) is 6.12. The molecule has 1 fully saturated rings. The van der Waals surface area contributed by atoms with E-state index in [2.05, 4.69) is 34.9 Å². The van der Waals surface area contributed by atoms with E-state index >= 15 is 0 Å². The normalized spacial score (nSPS) is 17.6. The van der Waals surface area contributed by atoms with Crippen molar-refractivity contribution in [1.29, 1.82) is 0 Å². The SMILES string of the molecule is Cc1cc(N2CCN(CC(C)(C)O)CC2)ccc1CN. The highest BCUT2D eigenvalue weighted by molar-refractivity contribution is 5.51. The zero-order valence-electron chi connectivity index (χ0n) is 12.9. The zero-order chi connectivity index (χ0) is 14.8. The molecule has 0 saturated carbocycles. The van der Waals surface area contributed by atoms with E-state index in [4.69, 9.17) is 5.73 Å². The third kappa shape index (κ3) is 3.95. The molecule has 1 aliphatic heterocycles. The Kier molecular flexibility index (Phi) is 4.68. The van der Waals surface area contributed by atoms with Gasteiger partial charge in [0.15, 0.2) is 0 Å². The highest BCUT2D eigenvalue weighted by Gasteiger charge is 2.22. The summed E-state index contributed by atoms with van der Waals surface area (Å²) in [7, 11) is 0. The molecule has 4 nitrogen and oxygen atoms in total. The quantitative estimate of drug-likeness (QED) is 0.872. The molecule has 0 aliphatic carbocycles. The Morgan fingerprint density at radius 3 is 2.35 bits per heavy atom. The van der Waals surface area contributed by atoms with Gasteiger partial charge in [-0.1, -0.05) is 6.07 Å². The third-order valence-corrected chi connectivity index (χ3v) is 3.89. The van der Waals surface area contributed by atoms with Gasteiger partial charge in [0.1, 0.15) is 0 Å². The van der Waals surface area contributed by atoms with E-state index in [0.717, 1.165) is 32.7 Å². The van der Waals surface area contributed by atoms with E-state index in [1.54, 1.807) is 0 Å². The lowest BCUT2D eigenvalue weighted by Crippen LogP contribution is -2.50. The lowest BCUT2D eigenvalue weighted by Gasteiger charge is -2.38. The maximum atomic E-state index is 9.88. The van der Waals surface area contributed by atoms with E-state index in [1.807, 2.05) is 13.8 Å². The number of nitrogens with zero attached hydrogens (tertiary/aromatic N) is 2. The Balaban J connectivity index is 1.95. The van der Waals surface area contributed by atoms with Crippen LogP contribution in [0.15, 0.2) is 18.2 Å². The maximum Gasteiger partial charge on any atom is 0.0718 e. The molecule has 0 amide bonds. The molecule has 3 N–H and O–H groups in total. The van der Waals surface area contributed by atoms with Gasteiger partial charge in [0.2, 0.25) is 0 Å². The van der Waals surface area contributed by atoms with Crippen LogP contribution in [0.25, 0.3) is 0 Å². The van der Waals surface area contributed by atoms with E-state index in [9.17, 15) is 5.11 Å². The van der Waals surface area contributed by atoms with Crippen molar-refractivity contribution in [2.24, 2.45) is 5.73 Å². The molecule has 0 atom stereocenters. The molecule has 4 heteroatoms. The number of benzene rings is 1. The maximum absolute atomic E-state index is 9.88. The average molecular weight is 277 g/mol. The van der Waals surface area contributed by atoms with Crippen molar-refractivity contribution in [3.8, 4) is 0 Å². The monoisotopic (exact) mass is 277 g/mol. The second-order valence-electron chi connectivity index (χ2n) is 6.39. The lowest BCUT2D eigenvalue weighted by atomic mass is 10.1. The predicted molar refractivity (Wildman–Crippen MR) is 84.0 cm³/mol. The highest BCUT2D eigenvalue weighted by Crippen LogP contribution is 2.21. The molecule has 112 valence electrons. The Bertz CT molecular complexity index is 446. The number of β-amino-alcohol motifs (C(OH)–C–C–N with tert-alkyl or cyclic N) is 1. The number of rotatable bonds is 4. The van der Waals surface area contributed by atoms with Crippen LogP contribution in [-0.4, -0.2) is 48.3 Å². The van der Waals surface area contributed by atoms with Gasteiger partial charge in [-0.25, -0.2) is 0 Å². The smallest absolute Gasteiger partial charge is 0.0718 e. The molecule has 1 aromatic carbocycles. The summed E-state index contributed by atoms with van der Waals surface area (Å²) in [5.74, 6) is 0. The molecule has 0 radical (unpaired) electrons. The van der Waals surface area contributed by atoms with Crippen molar-refractivity contribution < 1.29 is 5.11 Å². The van der Waals surface area contributed by atoms with Crippen LogP contribution in [0.2, 0.25) is 0 Å². The van der Waals surface area contributed by atoms with Gasteiger partial charge < -0.3 is 15.7 Å². The van der Waals surface area contributed by atoms with Gasteiger partial charge >= 0.3 is 0 Å². The number of aryl methyl sites for hydroxylation is 1. The van der Waals surface area contributed by atoms with Crippen LogP contribution in [0.1, 0.15) is 25.0 Å². The van der Waals surface area contributed by atoms with Gasteiger partial charge in [-0.3, -0.25) is 4.90 Å². The minimum absolute atomic E-state index is 0.603. The first-order valence-corrected chi connectivity index (χ1v) is 7.38. The largest absolute Gasteiger partial charge is 0.389 e. The van der Waals surface area contributed by atoms with Crippen LogP contribution >= 0.6 is 0 Å². The molecule has 1 aromatic rings. The van der Waals surface area contributed by atoms with Gasteiger partial charge in [-0.2, -0.15) is 0 Å². The Morgan fingerprint density at radius 2 is 1.85 bits per heavy atom. The summed E-state index contributed by atoms with van der Waals surface area (Å²) in [4.78, 5) is 4.74. The third-order valence-electron chi connectivity index (χ3n) is 3.89. The lowest BCUT2D eigenvalue weighted by molar-refractivity contribution is 0.0345. The average Bonchev–Trinajstić information content (AvgIpc) is 2.37. The molecule has 0 aromatic heterocycles. The minimum Gasteiger partial charge on any atom is -0.389 e. The van der Waals surface area contributed by atoms with Gasteiger partial charge in [-0.05, 0) is 44.0 Å². The Labute approximate surface area is 122 Å². The highest BCUT2D eigenvalue weighted by atomic mass is 16.3. The van der Waals surface area contributed by atoms with Crippen LogP contribution in [-0.2, 0) is 6.54 Å². The zero-order valence-corrected chi connectivity index (χ0v) is 12.9. The van der Waals surface area contributed by atoms with Gasteiger partial charge in [0.25, 0.3) is 0 Å². The fourth-order valence-electron chi connectivity index (χ4n) is 2.82. The van der Waals surface area contributed by atoms with Crippen molar-refractivity contribution in [2.75, 3.05) is 37.6 Å². The van der Waals surface area contributed by atoms with Crippen LogP contribution in [0.4, 0.5) is 5.69 Å². The van der Waals surface area contributed by atoms with Crippen molar-refractivity contribution in [2.45, 2.75) is 32.9 Å². The molecule has 1 aliphatic rings. The molecular weight excluding hydrogens is 250 g/mol. The first kappa shape index (κ1) is 15.3. The number of hydrogen-bond acceptors (Lipinski definition) is 4. The summed E-state index contributed by atoms with van der Waals surface area (Å²) in [6, 6.07) is 6.53. The van der Waals surface area contributed by atoms with E-state index < -0.39 is 5.60 Å². The molecule has 0 unspecified atom stereocenters. The molecule has 20 heavy (non-hydrogen) atoms. The molecule has 0 bridgehead atoms. The van der Waals surface area contributed by atoms with Crippen molar-refractivity contribution in [1.82, 2.24) is 4.90 Å². The number of hydrogen-bond donors (Lipinski definition) is 2. The van der Waals surface area contributed by atoms with Crippen LogP contribution < -0.4 is 10.6 Å². The Hall–Kier alpha value is -1.10. The summed E-state index contributed by atoms with van der Waals surface area (Å²) in [5.41, 5.74) is 8.87. The molecular formula is C16H27N3O. The first-order valence-electron chi connectivity index (χ1n) is 7.38. The molecule has 0 spiro atoms. The number of piperazine rings is 1. The van der Waals surface area contributed by atoms with Gasteiger partial charge in [0.05, 0.1) is 5.60 Å². The number of aliphatic hydroxyl groups is 1.